The first-order valence-electron chi connectivity index (χ1n) is 10.0. The monoisotopic (exact) mass is 677 g/mol. The van der Waals surface area contributed by atoms with Crippen LogP contribution in [-0.2, 0) is 4.79 Å². The molecule has 2 N–H and O–H groups in total. The van der Waals surface area contributed by atoms with E-state index in [9.17, 15) is 9.59 Å². The van der Waals surface area contributed by atoms with Crippen LogP contribution in [0, 0.1) is 7.14 Å². The van der Waals surface area contributed by atoms with Gasteiger partial charge in [0.2, 0.25) is 0 Å². The Morgan fingerprint density at radius 1 is 1.00 bits per heavy atom. The average Bonchev–Trinajstić information content (AvgIpc) is 2.83. The molecule has 1 heterocycles. The Kier molecular flexibility index (Phi) is 7.73. The number of carboxylic acid groups (broad SMARTS) is 1. The zero-order chi connectivity index (χ0) is 24.1. The molecule has 0 saturated heterocycles. The fourth-order valence-corrected chi connectivity index (χ4v) is 5.40. The summed E-state index contributed by atoms with van der Waals surface area (Å²) in [6, 6.07) is 22.5. The average molecular weight is 677 g/mol. The fourth-order valence-electron chi connectivity index (χ4n) is 3.27. The summed E-state index contributed by atoms with van der Waals surface area (Å²) in [4.78, 5) is 28.5. The summed E-state index contributed by atoms with van der Waals surface area (Å²) in [5.41, 5.74) is 6.15. The Labute approximate surface area is 222 Å². The van der Waals surface area contributed by atoms with Gasteiger partial charge in [-0.2, -0.15) is 5.10 Å². The number of aliphatic carboxylic acids is 1. The number of amides is 1. The maximum Gasteiger partial charge on any atom is 0.341 e. The molecular formula is C25H17I2N3O4. The normalized spacial score (nSPS) is 11.0. The van der Waals surface area contributed by atoms with Crippen molar-refractivity contribution in [1.29, 1.82) is 0 Å². The number of carbonyl (C=O) groups is 2. The van der Waals surface area contributed by atoms with Gasteiger partial charge in [0.15, 0.2) is 6.61 Å². The topological polar surface area (TPSA) is 101 Å². The highest BCUT2D eigenvalue weighted by Gasteiger charge is 2.14. The van der Waals surface area contributed by atoms with E-state index in [1.165, 1.54) is 6.21 Å². The molecule has 170 valence electrons. The number of pyridine rings is 1. The van der Waals surface area contributed by atoms with E-state index in [2.05, 4.69) is 55.7 Å². The number of fused-ring (bicyclic) bond motifs is 1. The Balaban J connectivity index is 1.57. The lowest BCUT2D eigenvalue weighted by Crippen LogP contribution is -2.18. The number of para-hydroxylation sites is 1. The zero-order valence-electron chi connectivity index (χ0n) is 17.5. The molecule has 7 nitrogen and oxygen atoms in total. The fraction of sp³-hybridized carbons (Fsp3) is 0.0400. The molecule has 4 rings (SSSR count). The van der Waals surface area contributed by atoms with Crippen LogP contribution in [0.15, 0.2) is 77.9 Å². The first-order valence-corrected chi connectivity index (χ1v) is 12.2. The van der Waals surface area contributed by atoms with Crippen LogP contribution >= 0.6 is 45.2 Å². The summed E-state index contributed by atoms with van der Waals surface area (Å²) in [5.74, 6) is -0.890. The second kappa shape index (κ2) is 10.9. The minimum Gasteiger partial charge on any atom is -0.480 e. The van der Waals surface area contributed by atoms with Crippen molar-refractivity contribution in [1.82, 2.24) is 10.4 Å². The Hall–Kier alpha value is -3.06. The highest BCUT2D eigenvalue weighted by atomic mass is 127. The summed E-state index contributed by atoms with van der Waals surface area (Å²) in [6.07, 6.45) is 1.53. The van der Waals surface area contributed by atoms with Gasteiger partial charge in [0.1, 0.15) is 5.75 Å². The van der Waals surface area contributed by atoms with Gasteiger partial charge in [-0.1, -0.05) is 48.5 Å². The summed E-state index contributed by atoms with van der Waals surface area (Å²) < 4.78 is 6.82. The van der Waals surface area contributed by atoms with E-state index in [4.69, 9.17) is 14.8 Å². The lowest BCUT2D eigenvalue weighted by atomic mass is 10.0. The summed E-state index contributed by atoms with van der Waals surface area (Å²) in [5, 5.41) is 13.7. The molecule has 34 heavy (non-hydrogen) atoms. The maximum absolute atomic E-state index is 13.0. The van der Waals surface area contributed by atoms with Crippen molar-refractivity contribution < 1.29 is 19.4 Å². The number of nitrogens with zero attached hydrogens (tertiary/aromatic N) is 2. The number of hydrazone groups is 1. The molecule has 0 aliphatic rings. The van der Waals surface area contributed by atoms with E-state index in [0.29, 0.717) is 17.0 Å². The third-order valence-electron chi connectivity index (χ3n) is 4.77. The summed E-state index contributed by atoms with van der Waals surface area (Å²) in [6.45, 7) is -0.416. The second-order valence-corrected chi connectivity index (χ2v) is 9.46. The molecule has 0 bridgehead atoms. The molecule has 3 aromatic carbocycles. The minimum atomic E-state index is -1.04. The van der Waals surface area contributed by atoms with Crippen molar-refractivity contribution >= 4 is 74.2 Å². The minimum absolute atomic E-state index is 0.349. The number of nitrogens with one attached hydrogen (secondary N) is 1. The van der Waals surface area contributed by atoms with Crippen LogP contribution in [0.25, 0.3) is 22.2 Å². The predicted octanol–water partition coefficient (Wildman–Crippen LogP) is 5.34. The summed E-state index contributed by atoms with van der Waals surface area (Å²) in [7, 11) is 0. The molecular weight excluding hydrogens is 660 g/mol. The number of carbonyl (C=O) groups excluding carboxylic acids is 1. The number of hydrogen-bond acceptors (Lipinski definition) is 5. The first kappa shape index (κ1) is 24.1. The quantitative estimate of drug-likeness (QED) is 0.157. The van der Waals surface area contributed by atoms with Crippen molar-refractivity contribution in [3.05, 3.63) is 91.1 Å². The molecule has 0 atom stereocenters. The third-order valence-corrected chi connectivity index (χ3v) is 6.37. The number of aromatic nitrogens is 1. The maximum atomic E-state index is 13.0. The van der Waals surface area contributed by atoms with Gasteiger partial charge in [0, 0.05) is 10.9 Å². The van der Waals surface area contributed by atoms with Crippen LogP contribution in [0.3, 0.4) is 0 Å². The van der Waals surface area contributed by atoms with Crippen LogP contribution in [0.1, 0.15) is 15.9 Å². The molecule has 0 unspecified atom stereocenters. The van der Waals surface area contributed by atoms with Crippen LogP contribution in [0.4, 0.5) is 0 Å². The van der Waals surface area contributed by atoms with E-state index in [1.807, 2.05) is 54.6 Å². The van der Waals surface area contributed by atoms with E-state index < -0.39 is 12.6 Å². The molecule has 0 spiro atoms. The van der Waals surface area contributed by atoms with Gasteiger partial charge in [-0.25, -0.2) is 15.2 Å². The number of carboxylic acids is 1. The van der Waals surface area contributed by atoms with Crippen LogP contribution < -0.4 is 10.2 Å². The largest absolute Gasteiger partial charge is 0.480 e. The molecule has 0 fully saturated rings. The molecule has 1 amide bonds. The van der Waals surface area contributed by atoms with Crippen molar-refractivity contribution in [3.8, 4) is 17.0 Å². The van der Waals surface area contributed by atoms with Gasteiger partial charge < -0.3 is 9.84 Å². The van der Waals surface area contributed by atoms with E-state index in [1.54, 1.807) is 18.2 Å². The molecule has 1 aromatic heterocycles. The Bertz CT molecular complexity index is 1390. The van der Waals surface area contributed by atoms with Gasteiger partial charge in [-0.15, -0.1) is 0 Å². The molecule has 9 heteroatoms. The highest BCUT2D eigenvalue weighted by molar-refractivity contribution is 14.1. The number of halogens is 2. The molecule has 0 saturated carbocycles. The van der Waals surface area contributed by atoms with Crippen LogP contribution in [0.5, 0.6) is 5.75 Å². The van der Waals surface area contributed by atoms with Gasteiger partial charge in [-0.05, 0) is 75.0 Å². The lowest BCUT2D eigenvalue weighted by molar-refractivity contribution is -0.139. The lowest BCUT2D eigenvalue weighted by Gasteiger charge is -2.10. The predicted molar refractivity (Wildman–Crippen MR) is 147 cm³/mol. The standard InChI is InChI=1S/C25H17I2N3O4/c26-19-10-15(11-20(27)24(19)34-14-23(31)32)13-28-30-25(33)18-12-22(16-6-2-1-3-7-16)29-21-9-5-4-8-17(18)21/h1-13H,14H2,(H,30,33)(H,31,32)/b28-13+. The first-order chi connectivity index (χ1) is 16.4. The molecule has 0 radical (unpaired) electrons. The molecule has 4 aromatic rings. The van der Waals surface area contributed by atoms with Crippen LogP contribution in [0.2, 0.25) is 0 Å². The number of hydrogen-bond donors (Lipinski definition) is 2. The van der Waals surface area contributed by atoms with E-state index >= 15 is 0 Å². The van der Waals surface area contributed by atoms with E-state index in [0.717, 1.165) is 29.2 Å². The number of rotatable bonds is 7. The smallest absolute Gasteiger partial charge is 0.341 e. The molecule has 0 aliphatic carbocycles. The van der Waals surface area contributed by atoms with Gasteiger partial charge in [0.05, 0.1) is 30.1 Å². The van der Waals surface area contributed by atoms with Gasteiger partial charge in [-0.3, -0.25) is 4.79 Å². The highest BCUT2D eigenvalue weighted by Crippen LogP contribution is 2.29. The summed E-state index contributed by atoms with van der Waals surface area (Å²) >= 11 is 4.15. The Morgan fingerprint density at radius 3 is 2.38 bits per heavy atom. The second-order valence-electron chi connectivity index (χ2n) is 7.13. The number of benzene rings is 3. The molecule has 0 aliphatic heterocycles. The van der Waals surface area contributed by atoms with Gasteiger partial charge >= 0.3 is 5.97 Å². The van der Waals surface area contributed by atoms with Crippen molar-refractivity contribution in [2.75, 3.05) is 6.61 Å². The SMILES string of the molecule is O=C(O)COc1c(I)cc(/C=N/NC(=O)c2cc(-c3ccccc3)nc3ccccc23)cc1I. The van der Waals surface area contributed by atoms with Crippen molar-refractivity contribution in [3.63, 3.8) is 0 Å². The van der Waals surface area contributed by atoms with Crippen molar-refractivity contribution in [2.24, 2.45) is 5.10 Å². The van der Waals surface area contributed by atoms with Crippen molar-refractivity contribution in [2.45, 2.75) is 0 Å². The van der Waals surface area contributed by atoms with E-state index in [-0.39, 0.29) is 5.91 Å². The number of ether oxygens (including phenoxy) is 1. The van der Waals surface area contributed by atoms with Gasteiger partial charge in [0.25, 0.3) is 5.91 Å². The zero-order valence-corrected chi connectivity index (χ0v) is 21.8. The van der Waals surface area contributed by atoms with Crippen LogP contribution in [-0.4, -0.2) is 34.8 Å². The Morgan fingerprint density at radius 2 is 1.68 bits per heavy atom. The third kappa shape index (κ3) is 5.70.